The lowest BCUT2D eigenvalue weighted by atomic mass is 9.79. The maximum atomic E-state index is 10.6. The van der Waals surface area contributed by atoms with E-state index in [1.807, 2.05) is 5.94 Å². The normalized spacial score (nSPS) is 30.1. The van der Waals surface area contributed by atoms with Crippen LogP contribution in [0.15, 0.2) is 6.08 Å². The summed E-state index contributed by atoms with van der Waals surface area (Å²) >= 11 is 0. The van der Waals surface area contributed by atoms with Crippen LogP contribution < -0.4 is 0 Å². The van der Waals surface area contributed by atoms with E-state index < -0.39 is 0 Å². The minimum Gasteiger partial charge on any atom is -0.381 e. The summed E-state index contributed by atoms with van der Waals surface area (Å²) in [6.07, 6.45) is 10.0. The van der Waals surface area contributed by atoms with Gasteiger partial charge in [0.25, 0.3) is 0 Å². The molecular formula is C13H22O2. The number of carbonyl (C=O) groups excluding carboxylic acids is 1. The molecule has 0 aromatic heterocycles. The van der Waals surface area contributed by atoms with E-state index in [2.05, 4.69) is 6.92 Å². The zero-order valence-corrected chi connectivity index (χ0v) is 9.92. The molecule has 86 valence electrons. The molecule has 2 heteroatoms. The van der Waals surface area contributed by atoms with Gasteiger partial charge in [-0.15, -0.1) is 0 Å². The largest absolute Gasteiger partial charge is 0.381 e. The van der Waals surface area contributed by atoms with Crippen LogP contribution in [0.4, 0.5) is 0 Å². The topological polar surface area (TPSA) is 26.3 Å². The van der Waals surface area contributed by atoms with Gasteiger partial charge in [-0.1, -0.05) is 26.2 Å². The molecule has 0 radical (unpaired) electrons. The van der Waals surface area contributed by atoms with Crippen molar-refractivity contribution in [1.29, 1.82) is 0 Å². The number of rotatable bonds is 6. The van der Waals surface area contributed by atoms with E-state index in [0.29, 0.717) is 0 Å². The molecular weight excluding hydrogens is 188 g/mol. The van der Waals surface area contributed by atoms with Crippen LogP contribution in [0.3, 0.4) is 0 Å². The maximum Gasteiger partial charge on any atom is 0.120 e. The monoisotopic (exact) mass is 210 g/mol. The number of hydrogen-bond donors (Lipinski definition) is 0. The Balaban J connectivity index is 2.64. The third-order valence-corrected chi connectivity index (χ3v) is 3.63. The lowest BCUT2D eigenvalue weighted by molar-refractivity contribution is 0.0312. The average Bonchev–Trinajstić information content (AvgIpc) is 2.62. The third-order valence-electron chi connectivity index (χ3n) is 3.63. The van der Waals surface area contributed by atoms with E-state index >= 15 is 0 Å². The molecule has 0 aromatic carbocycles. The van der Waals surface area contributed by atoms with E-state index in [1.54, 1.807) is 13.2 Å². The average molecular weight is 210 g/mol. The Kier molecular flexibility index (Phi) is 5.07. The molecule has 0 amide bonds. The lowest BCUT2D eigenvalue weighted by Gasteiger charge is -2.30. The van der Waals surface area contributed by atoms with E-state index in [9.17, 15) is 4.79 Å². The molecule has 0 saturated heterocycles. The van der Waals surface area contributed by atoms with Gasteiger partial charge in [0.15, 0.2) is 0 Å². The molecule has 2 unspecified atom stereocenters. The van der Waals surface area contributed by atoms with Crippen molar-refractivity contribution in [3.63, 3.8) is 0 Å². The van der Waals surface area contributed by atoms with Gasteiger partial charge in [-0.25, -0.2) is 4.79 Å². The predicted octanol–water partition coefficient (Wildman–Crippen LogP) is 3.14. The Morgan fingerprint density at radius 1 is 1.53 bits per heavy atom. The van der Waals surface area contributed by atoms with Crippen LogP contribution in [0.5, 0.6) is 0 Å². The second-order valence-corrected chi connectivity index (χ2v) is 4.57. The summed E-state index contributed by atoms with van der Waals surface area (Å²) in [5.74, 6) is 1.99. The molecule has 1 fully saturated rings. The highest BCUT2D eigenvalue weighted by molar-refractivity contribution is 5.47. The van der Waals surface area contributed by atoms with Gasteiger partial charge >= 0.3 is 0 Å². The van der Waals surface area contributed by atoms with Crippen LogP contribution in [0.25, 0.3) is 0 Å². The van der Waals surface area contributed by atoms with Crippen molar-refractivity contribution in [3.8, 4) is 0 Å². The second-order valence-electron chi connectivity index (χ2n) is 4.57. The minimum absolute atomic E-state index is 0.00826. The first kappa shape index (κ1) is 12.5. The smallest absolute Gasteiger partial charge is 0.120 e. The summed E-state index contributed by atoms with van der Waals surface area (Å²) < 4.78 is 5.50. The summed E-state index contributed by atoms with van der Waals surface area (Å²) in [5, 5.41) is 0. The van der Waals surface area contributed by atoms with Gasteiger partial charge < -0.3 is 4.74 Å². The fraction of sp³-hybridized carbons (Fsp3) is 0.846. The molecule has 0 heterocycles. The van der Waals surface area contributed by atoms with Gasteiger partial charge in [0.1, 0.15) is 5.94 Å². The molecule has 0 aliphatic heterocycles. The minimum atomic E-state index is -0.00826. The van der Waals surface area contributed by atoms with Crippen LogP contribution in [0.2, 0.25) is 0 Å². The van der Waals surface area contributed by atoms with Gasteiger partial charge in [0.2, 0.25) is 0 Å². The Hall–Kier alpha value is -0.590. The van der Waals surface area contributed by atoms with Gasteiger partial charge in [-0.05, 0) is 25.7 Å². The summed E-state index contributed by atoms with van der Waals surface area (Å²) in [6, 6.07) is 0. The molecule has 1 aliphatic carbocycles. The lowest BCUT2D eigenvalue weighted by Crippen LogP contribution is -2.29. The Morgan fingerprint density at radius 3 is 2.93 bits per heavy atom. The highest BCUT2D eigenvalue weighted by atomic mass is 16.5. The van der Waals surface area contributed by atoms with Crippen molar-refractivity contribution in [2.24, 2.45) is 5.41 Å². The second kappa shape index (κ2) is 6.09. The Morgan fingerprint density at radius 2 is 2.33 bits per heavy atom. The summed E-state index contributed by atoms with van der Waals surface area (Å²) in [7, 11) is 1.75. The van der Waals surface area contributed by atoms with Crippen LogP contribution >= 0.6 is 0 Å². The van der Waals surface area contributed by atoms with E-state index in [0.717, 1.165) is 19.3 Å². The van der Waals surface area contributed by atoms with Crippen molar-refractivity contribution in [3.05, 3.63) is 6.08 Å². The predicted molar refractivity (Wildman–Crippen MR) is 61.5 cm³/mol. The van der Waals surface area contributed by atoms with Crippen molar-refractivity contribution in [1.82, 2.24) is 0 Å². The maximum absolute atomic E-state index is 10.6. The standard InChI is InChI=1S/C13H22O2/c1-3-4-5-8-13(10-11-14)9-6-7-12(13)15-2/h10,12H,3-9H2,1-2H3. The van der Waals surface area contributed by atoms with Gasteiger partial charge in [-0.2, -0.15) is 0 Å². The molecule has 1 rings (SSSR count). The van der Waals surface area contributed by atoms with Crippen molar-refractivity contribution >= 4 is 5.94 Å². The first-order chi connectivity index (χ1) is 7.29. The van der Waals surface area contributed by atoms with E-state index in [1.165, 1.54) is 25.7 Å². The SMILES string of the molecule is CCCCCC1(C=C=O)CCCC1OC. The quantitative estimate of drug-likeness (QED) is 0.497. The number of unbranched alkanes of at least 4 members (excludes halogenated alkanes) is 2. The zero-order valence-electron chi connectivity index (χ0n) is 9.92. The summed E-state index contributed by atoms with van der Waals surface area (Å²) in [4.78, 5) is 10.6. The molecule has 15 heavy (non-hydrogen) atoms. The molecule has 2 nitrogen and oxygen atoms in total. The molecule has 0 N–H and O–H groups in total. The molecule has 0 aromatic rings. The van der Waals surface area contributed by atoms with Crippen LogP contribution in [-0.2, 0) is 9.53 Å². The van der Waals surface area contributed by atoms with E-state index in [-0.39, 0.29) is 11.5 Å². The van der Waals surface area contributed by atoms with Gasteiger partial charge in [-0.3, -0.25) is 0 Å². The van der Waals surface area contributed by atoms with Crippen LogP contribution in [0, 0.1) is 5.41 Å². The highest BCUT2D eigenvalue weighted by Crippen LogP contribution is 2.44. The fourth-order valence-corrected chi connectivity index (χ4v) is 2.76. The van der Waals surface area contributed by atoms with Crippen LogP contribution in [0.1, 0.15) is 51.9 Å². The van der Waals surface area contributed by atoms with Gasteiger partial charge in [0.05, 0.1) is 6.10 Å². The Labute approximate surface area is 92.7 Å². The first-order valence-corrected chi connectivity index (χ1v) is 6.04. The summed E-state index contributed by atoms with van der Waals surface area (Å²) in [6.45, 7) is 2.20. The fourth-order valence-electron chi connectivity index (χ4n) is 2.76. The van der Waals surface area contributed by atoms with Crippen molar-refractivity contribution in [2.75, 3.05) is 7.11 Å². The van der Waals surface area contributed by atoms with E-state index in [4.69, 9.17) is 4.74 Å². The van der Waals surface area contributed by atoms with Crippen molar-refractivity contribution < 1.29 is 9.53 Å². The molecule has 1 saturated carbocycles. The molecule has 2 atom stereocenters. The summed E-state index contributed by atoms with van der Waals surface area (Å²) in [5.41, 5.74) is -0.00826. The van der Waals surface area contributed by atoms with Crippen molar-refractivity contribution in [2.45, 2.75) is 58.0 Å². The number of methoxy groups -OCH3 is 1. The molecule has 0 bridgehead atoms. The molecule has 0 spiro atoms. The van der Waals surface area contributed by atoms with Gasteiger partial charge in [0, 0.05) is 18.6 Å². The third kappa shape index (κ3) is 2.93. The molecule has 1 aliphatic rings. The zero-order chi connectivity index (χ0) is 11.1. The first-order valence-electron chi connectivity index (χ1n) is 6.04. The van der Waals surface area contributed by atoms with Crippen LogP contribution in [-0.4, -0.2) is 19.2 Å². The number of ether oxygens (including phenoxy) is 1. The highest BCUT2D eigenvalue weighted by Gasteiger charge is 2.41. The Bertz CT molecular complexity index is 231. The number of hydrogen-bond acceptors (Lipinski definition) is 2.